The van der Waals surface area contributed by atoms with Crippen molar-refractivity contribution in [2.45, 2.75) is 155 Å². The van der Waals surface area contributed by atoms with Gasteiger partial charge in [-0.25, -0.2) is 4.79 Å². The Morgan fingerprint density at radius 2 is 1.30 bits per heavy atom. The summed E-state index contributed by atoms with van der Waals surface area (Å²) in [6.07, 6.45) is -35.1. The number of rotatable bonds is 14. The van der Waals surface area contributed by atoms with Gasteiger partial charge in [0.25, 0.3) is 5.79 Å². The summed E-state index contributed by atoms with van der Waals surface area (Å²) in [5, 5.41) is 142. The van der Waals surface area contributed by atoms with Gasteiger partial charge in [-0.1, -0.05) is 0 Å². The van der Waals surface area contributed by atoms with Crippen LogP contribution >= 0.6 is 0 Å². The van der Waals surface area contributed by atoms with E-state index in [9.17, 15) is 80.8 Å². The van der Waals surface area contributed by atoms with Crippen LogP contribution < -0.4 is 10.6 Å². The molecule has 4 aliphatic heterocycles. The molecule has 4 aliphatic rings. The highest BCUT2D eigenvalue weighted by Crippen LogP contribution is 2.39. The van der Waals surface area contributed by atoms with E-state index in [4.69, 9.17) is 33.2 Å². The average Bonchev–Trinajstić information content (AvgIpc) is 3.14. The second kappa shape index (κ2) is 19.1. The highest BCUT2D eigenvalue weighted by atomic mass is 16.8. The third kappa shape index (κ3) is 9.74. The molecule has 21 atom stereocenters. The van der Waals surface area contributed by atoms with Crippen molar-refractivity contribution in [3.8, 4) is 0 Å². The lowest BCUT2D eigenvalue weighted by Crippen LogP contribution is -2.71. The topological polar surface area (TPSA) is 403 Å². The van der Waals surface area contributed by atoms with Crippen molar-refractivity contribution in [1.29, 1.82) is 0 Å². The van der Waals surface area contributed by atoms with Crippen molar-refractivity contribution in [2.24, 2.45) is 0 Å². The molecule has 0 aromatic heterocycles. The zero-order chi connectivity index (χ0) is 42.0. The highest BCUT2D eigenvalue weighted by Gasteiger charge is 2.60. The number of carboxylic acids is 1. The van der Waals surface area contributed by atoms with E-state index in [0.29, 0.717) is 0 Å². The first-order valence-electron chi connectivity index (χ1n) is 17.6. The Bertz CT molecular complexity index is 1330. The summed E-state index contributed by atoms with van der Waals surface area (Å²) in [7, 11) is 0. The molecule has 0 spiro atoms. The van der Waals surface area contributed by atoms with Crippen LogP contribution in [-0.2, 0) is 47.5 Å². The van der Waals surface area contributed by atoms with Crippen molar-refractivity contribution in [2.75, 3.05) is 19.8 Å². The van der Waals surface area contributed by atoms with Gasteiger partial charge in [-0.05, 0) is 6.92 Å². The number of hydrogen-bond donors (Lipinski definition) is 15. The van der Waals surface area contributed by atoms with Gasteiger partial charge in [-0.15, -0.1) is 0 Å². The Balaban J connectivity index is 1.71. The van der Waals surface area contributed by atoms with Gasteiger partial charge in [0.1, 0.15) is 85.4 Å². The largest absolute Gasteiger partial charge is 0.477 e. The van der Waals surface area contributed by atoms with E-state index in [1.807, 2.05) is 0 Å². The fourth-order valence-electron chi connectivity index (χ4n) is 6.99. The van der Waals surface area contributed by atoms with E-state index in [2.05, 4.69) is 10.6 Å². The molecule has 0 bridgehead atoms. The molecular weight excluding hydrogens is 768 g/mol. The van der Waals surface area contributed by atoms with Gasteiger partial charge < -0.3 is 110 Å². The number of amides is 2. The fourth-order valence-corrected chi connectivity index (χ4v) is 6.99. The monoisotopic (exact) mass is 820 g/mol. The molecule has 0 aromatic rings. The minimum Gasteiger partial charge on any atom is -0.477 e. The first-order chi connectivity index (χ1) is 26.2. The van der Waals surface area contributed by atoms with Crippen molar-refractivity contribution in [3.05, 3.63) is 0 Å². The molecule has 4 heterocycles. The summed E-state index contributed by atoms with van der Waals surface area (Å²) in [5.41, 5.74) is 0. The molecule has 15 N–H and O–H groups in total. The molecule has 4 fully saturated rings. The van der Waals surface area contributed by atoms with Gasteiger partial charge in [0.05, 0.1) is 38.1 Å². The lowest BCUT2D eigenvalue weighted by Gasteiger charge is -2.51. The molecule has 4 saturated heterocycles. The van der Waals surface area contributed by atoms with E-state index < -0.39 is 172 Å². The van der Waals surface area contributed by atoms with Gasteiger partial charge >= 0.3 is 5.97 Å². The van der Waals surface area contributed by atoms with Crippen LogP contribution in [0.3, 0.4) is 0 Å². The molecular formula is C31H52N2O23. The molecule has 0 radical (unpaired) electrons. The van der Waals surface area contributed by atoms with E-state index >= 15 is 0 Å². The Hall–Kier alpha value is -2.35. The molecule has 2 amide bonds. The number of nitrogens with one attached hydrogen (secondary N) is 2. The molecule has 25 heteroatoms. The fraction of sp³-hybridized carbons (Fsp3) is 0.903. The van der Waals surface area contributed by atoms with Gasteiger partial charge in [0.2, 0.25) is 11.8 Å². The molecule has 56 heavy (non-hydrogen) atoms. The Morgan fingerprint density at radius 1 is 0.732 bits per heavy atom. The Labute approximate surface area is 317 Å². The highest BCUT2D eigenvalue weighted by molar-refractivity contribution is 5.76. The lowest BCUT2D eigenvalue weighted by molar-refractivity contribution is -0.390. The van der Waals surface area contributed by atoms with E-state index in [1.54, 1.807) is 0 Å². The maximum Gasteiger partial charge on any atom is 0.364 e. The third-order valence-electron chi connectivity index (χ3n) is 9.94. The number of ether oxygens (including phenoxy) is 7. The maximum absolute atomic E-state index is 12.9. The summed E-state index contributed by atoms with van der Waals surface area (Å²) in [5.74, 6) is -6.69. The van der Waals surface area contributed by atoms with Crippen LogP contribution in [0.15, 0.2) is 0 Å². The minimum atomic E-state index is -3.12. The van der Waals surface area contributed by atoms with Crippen molar-refractivity contribution in [3.63, 3.8) is 0 Å². The zero-order valence-corrected chi connectivity index (χ0v) is 30.3. The van der Waals surface area contributed by atoms with E-state index in [0.717, 1.165) is 13.8 Å². The number of carbonyl (C=O) groups excluding carboxylic acids is 2. The number of hydrogen-bond acceptors (Lipinski definition) is 22. The molecule has 25 nitrogen and oxygen atoms in total. The summed E-state index contributed by atoms with van der Waals surface area (Å²) < 4.78 is 39.7. The summed E-state index contributed by atoms with van der Waals surface area (Å²) >= 11 is 0. The Kier molecular flexibility index (Phi) is 15.8. The van der Waals surface area contributed by atoms with Gasteiger partial charge in [-0.3, -0.25) is 9.59 Å². The second-order valence-electron chi connectivity index (χ2n) is 14.0. The molecule has 324 valence electrons. The van der Waals surface area contributed by atoms with E-state index in [1.165, 1.54) is 6.92 Å². The van der Waals surface area contributed by atoms with E-state index in [-0.39, 0.29) is 0 Å². The van der Waals surface area contributed by atoms with Gasteiger partial charge in [-0.2, -0.15) is 0 Å². The van der Waals surface area contributed by atoms with Gasteiger partial charge in [0, 0.05) is 20.3 Å². The standard InChI is InChI=1S/C31H52N2O23/c1-8-17(41)20(44)21(45)28(50-8)54-25-16(33-10(3)38)27(47)51-14(7-36)23(25)53-29-22(46)26(19(43)13(6-35)52-29)56-31(30(48)49)4-11(39)15(32-9(2)37)24(55-31)18(42)12(40)5-34/h8,11-29,34-36,39-47H,4-7H2,1-3H3,(H,32,37)(H,33,38)(H,48,49)/t8-,11-,12+,13+,14+,15?,16+,17+,18+,19-,20+,21-,22+,23+,24+,25+,26-,27?,28-,29-,31-/m0/s1. The molecule has 4 rings (SSSR count). The predicted octanol–water partition coefficient (Wildman–Crippen LogP) is -9.23. The molecule has 0 saturated carbocycles. The minimum absolute atomic E-state index is 0.767. The van der Waals surface area contributed by atoms with Crippen LogP contribution in [0.25, 0.3) is 0 Å². The first kappa shape index (κ1) is 46.3. The SMILES string of the molecule is CC(=O)NC1[C@H]([C@H](O)[C@H](O)CO)O[C@@](O[C@H]2[C@@H](O)[C@@H](CO)O[C@@H](O[C@H]3[C@H](O[C@@H]4O[C@@H](C)[C@@H](O)[C@@H](O)[C@@H]4O)[C@@H](NC(C)=O)C(O)O[C@@H]3CO)[C@@H]2O)(C(=O)O)C[C@@H]1O. The van der Waals surface area contributed by atoms with Crippen molar-refractivity contribution in [1.82, 2.24) is 10.6 Å². The number of carboxylic acid groups (broad SMARTS) is 1. The predicted molar refractivity (Wildman–Crippen MR) is 173 cm³/mol. The third-order valence-corrected chi connectivity index (χ3v) is 9.94. The average molecular weight is 821 g/mol. The normalized spacial score (nSPS) is 45.7. The number of aliphatic carboxylic acids is 1. The van der Waals surface area contributed by atoms with Crippen LogP contribution in [0.2, 0.25) is 0 Å². The smallest absolute Gasteiger partial charge is 0.364 e. The van der Waals surface area contributed by atoms with Crippen molar-refractivity contribution >= 4 is 17.8 Å². The van der Waals surface area contributed by atoms with Crippen molar-refractivity contribution < 1.29 is 114 Å². The van der Waals surface area contributed by atoms with Gasteiger partial charge in [0.15, 0.2) is 18.9 Å². The maximum atomic E-state index is 12.9. The Morgan fingerprint density at radius 3 is 1.86 bits per heavy atom. The van der Waals surface area contributed by atoms with Crippen LogP contribution in [0, 0.1) is 0 Å². The molecule has 2 unspecified atom stereocenters. The number of aliphatic hydroxyl groups excluding tert-OH is 12. The van der Waals surface area contributed by atoms with Crippen LogP contribution in [-0.4, -0.2) is 232 Å². The summed E-state index contributed by atoms with van der Waals surface area (Å²) in [6, 6.07) is -3.22. The van der Waals surface area contributed by atoms with Crippen LogP contribution in [0.4, 0.5) is 0 Å². The van der Waals surface area contributed by atoms with Crippen LogP contribution in [0.5, 0.6) is 0 Å². The van der Waals surface area contributed by atoms with Crippen LogP contribution in [0.1, 0.15) is 27.2 Å². The quantitative estimate of drug-likeness (QED) is 0.0773. The second-order valence-corrected chi connectivity index (χ2v) is 14.0. The number of aliphatic hydroxyl groups is 12. The molecule has 0 aliphatic carbocycles. The summed E-state index contributed by atoms with van der Waals surface area (Å²) in [6.45, 7) is 0.283. The first-order valence-corrected chi connectivity index (χ1v) is 17.6. The number of carbonyl (C=O) groups is 3. The summed E-state index contributed by atoms with van der Waals surface area (Å²) in [4.78, 5) is 37.0. The molecule has 0 aromatic carbocycles. The zero-order valence-electron chi connectivity index (χ0n) is 30.3. The lowest BCUT2D eigenvalue weighted by atomic mass is 9.88.